The van der Waals surface area contributed by atoms with Crippen molar-refractivity contribution in [2.75, 3.05) is 127 Å². The molecule has 0 aromatic rings. The Morgan fingerprint density at radius 1 is 0.174 bits per heavy atom. The predicted molar refractivity (Wildman–Crippen MR) is 397 cm³/mol. The van der Waals surface area contributed by atoms with Crippen molar-refractivity contribution in [1.82, 2.24) is 0 Å². The highest BCUT2D eigenvalue weighted by atomic mass is 35.6. The number of rotatable bonds is 10. The number of carbonyl (C=O) groups is 10. The van der Waals surface area contributed by atoms with E-state index in [2.05, 4.69) is 47.4 Å². The average Bonchev–Trinajstić information content (AvgIpc) is 3.41. The van der Waals surface area contributed by atoms with Gasteiger partial charge in [0.05, 0.1) is 119 Å². The second kappa shape index (κ2) is 205. The quantitative estimate of drug-likeness (QED) is 0.121. The van der Waals surface area contributed by atoms with E-state index in [0.29, 0.717) is 66.1 Å². The lowest BCUT2D eigenvalue weighted by atomic mass is 10.8. The molecule has 0 unspecified atom stereocenters. The Kier molecular flexibility index (Phi) is 337. The van der Waals surface area contributed by atoms with E-state index in [0.717, 1.165) is 7.11 Å². The smallest absolute Gasteiger partial charge is 0.302 e. The maximum Gasteiger partial charge on any atom is 0.302 e. The molecule has 0 fully saturated rings. The van der Waals surface area contributed by atoms with E-state index in [1.807, 2.05) is 0 Å². The summed E-state index contributed by atoms with van der Waals surface area (Å²) in [6, 6.07) is 0. The lowest BCUT2D eigenvalue weighted by Gasteiger charge is -1.89. The lowest BCUT2D eigenvalue weighted by molar-refractivity contribution is -0.141. The highest BCUT2D eigenvalue weighted by Gasteiger charge is 1.86. The molecule has 574 valence electrons. The minimum atomic E-state index is -0.211. The molecule has 0 aliphatic rings. The molecule has 0 aliphatic heterocycles. The van der Waals surface area contributed by atoms with Crippen LogP contribution in [0.1, 0.15) is 138 Å². The molecule has 0 aromatic carbocycles. The molecule has 0 amide bonds. The van der Waals surface area contributed by atoms with Gasteiger partial charge in [-0.15, -0.1) is 232 Å². The van der Waals surface area contributed by atoms with Gasteiger partial charge < -0.3 is 52.5 Å². The van der Waals surface area contributed by atoms with E-state index >= 15 is 0 Å². The molecule has 0 atom stereocenters. The minimum absolute atomic E-state index is 0.194. The Hall–Kier alpha value is 0.460. The molecule has 0 aliphatic carbocycles. The third-order valence-electron chi connectivity index (χ3n) is 3.48. The Morgan fingerprint density at radius 3 is 0.207 bits per heavy atom. The number of ether oxygens (including phenoxy) is 10. The first-order chi connectivity index (χ1) is 42.8. The van der Waals surface area contributed by atoms with E-state index in [1.54, 1.807) is 69.2 Å². The van der Waals surface area contributed by atoms with Crippen LogP contribution < -0.4 is 0 Å². The van der Waals surface area contributed by atoms with Crippen LogP contribution in [0.25, 0.3) is 0 Å². The Balaban J connectivity index is -0.0000000305. The Labute approximate surface area is 651 Å². The zero-order valence-electron chi connectivity index (χ0n) is 56.3. The number of hydrogen-bond donors (Lipinski definition) is 1. The molecule has 0 saturated carbocycles. The average molecular weight is 1760 g/mol. The maximum absolute atomic E-state index is 9.82. The Morgan fingerprint density at radius 2 is 0.207 bits per heavy atom. The first-order valence-electron chi connectivity index (χ1n) is 24.8. The van der Waals surface area contributed by atoms with E-state index < -0.39 is 0 Å². The van der Waals surface area contributed by atoms with Gasteiger partial charge in [0, 0.05) is 76.3 Å². The van der Waals surface area contributed by atoms with Crippen LogP contribution in [0.2, 0.25) is 0 Å². The molecule has 0 rings (SSSR count). The SMILES string of the molecule is CCOC(C)=O.CCOC(C)=O.CCOC(C)=O.CCOC(C)=O.CCOC(C)=O.CCOC(C)=O.CCOC(C)=O.CCOC(C)=O.CCOC(C)=O.CCOC(C)=O.CO.ClCCl.ClCCl.ClCCl.ClCCl.ClCCl.ClCCl.ClCCl.ClCCl.ClCCl.ClCCl. The van der Waals surface area contributed by atoms with E-state index in [9.17, 15) is 47.9 Å². The fraction of sp³-hybridized carbons (Fsp3) is 0.804. The van der Waals surface area contributed by atoms with E-state index in [-0.39, 0.29) is 113 Å². The van der Waals surface area contributed by atoms with Gasteiger partial charge in [-0.1, -0.05) is 0 Å². The standard InChI is InChI=1S/10C4H8O2.10CH2Cl2.CH4O/c10*1-3-6-4(2)5;10*2-1-3;1-2/h10*3H2,1-2H3;10*1H2;2H,1H3. The van der Waals surface area contributed by atoms with Gasteiger partial charge in [0.25, 0.3) is 0 Å². The normalized spacial score (nSPS) is 7.02. The van der Waals surface area contributed by atoms with Crippen molar-refractivity contribution in [1.29, 1.82) is 0 Å². The molecule has 0 saturated heterocycles. The number of alkyl halides is 20. The van der Waals surface area contributed by atoms with E-state index in [4.69, 9.17) is 237 Å². The van der Waals surface area contributed by atoms with Crippen LogP contribution in [0, 0.1) is 0 Å². The zero-order chi connectivity index (χ0) is 79.0. The van der Waals surface area contributed by atoms with Crippen LogP contribution in [0.4, 0.5) is 0 Å². The number of esters is 10. The van der Waals surface area contributed by atoms with Crippen LogP contribution >= 0.6 is 232 Å². The molecule has 0 spiro atoms. The summed E-state index contributed by atoms with van der Waals surface area (Å²) in [5.41, 5.74) is 0. The van der Waals surface area contributed by atoms with Crippen LogP contribution in [-0.4, -0.2) is 191 Å². The van der Waals surface area contributed by atoms with Crippen molar-refractivity contribution >= 4 is 292 Å². The van der Waals surface area contributed by atoms with Crippen LogP contribution in [0.5, 0.6) is 0 Å². The van der Waals surface area contributed by atoms with Crippen molar-refractivity contribution in [3.63, 3.8) is 0 Å². The molecule has 1 N–H and O–H groups in total. The molecule has 0 bridgehead atoms. The third-order valence-corrected chi connectivity index (χ3v) is 3.48. The topological polar surface area (TPSA) is 283 Å². The summed E-state index contributed by atoms with van der Waals surface area (Å²) in [5, 5.41) is 8.94. The highest BCUT2D eigenvalue weighted by molar-refractivity contribution is 6.43. The van der Waals surface area contributed by atoms with Gasteiger partial charge in [-0.3, -0.25) is 47.9 Å². The van der Waals surface area contributed by atoms with Gasteiger partial charge in [-0.25, -0.2) is 0 Å². The number of aliphatic hydroxyl groups excluding tert-OH is 1. The number of aliphatic hydroxyl groups is 1. The molecule has 21 nitrogen and oxygen atoms in total. The van der Waals surface area contributed by atoms with Crippen LogP contribution in [0.3, 0.4) is 0 Å². The van der Waals surface area contributed by atoms with Crippen LogP contribution in [0.15, 0.2) is 0 Å². The Bertz CT molecular complexity index is 962. The first-order valence-corrected chi connectivity index (χ1v) is 35.5. The molecular weight excluding hydrogens is 1660 g/mol. The summed E-state index contributed by atoms with van der Waals surface area (Å²) in [6.07, 6.45) is 0. The minimum Gasteiger partial charge on any atom is -0.466 e. The second-order valence-corrected chi connectivity index (χ2v) is 18.3. The monoisotopic (exact) mass is 1750 g/mol. The van der Waals surface area contributed by atoms with Crippen molar-refractivity contribution in [3.8, 4) is 0 Å². The summed E-state index contributed by atoms with van der Waals surface area (Å²) in [7, 11) is 1.00. The van der Waals surface area contributed by atoms with Gasteiger partial charge in [-0.2, -0.15) is 0 Å². The molecule has 0 heterocycles. The molecular formula is C51H104Cl20O21. The molecule has 0 radical (unpaired) electrons. The predicted octanol–water partition coefficient (Wildman–Crippen LogP) is 19.5. The highest BCUT2D eigenvalue weighted by Crippen LogP contribution is 1.79. The number of carbonyl (C=O) groups excluding carboxylic acids is 10. The van der Waals surface area contributed by atoms with Crippen LogP contribution in [-0.2, 0) is 95.3 Å². The van der Waals surface area contributed by atoms with E-state index in [1.165, 1.54) is 69.2 Å². The lowest BCUT2D eigenvalue weighted by Crippen LogP contribution is -1.95. The fourth-order valence-electron chi connectivity index (χ4n) is 2.03. The van der Waals surface area contributed by atoms with Crippen molar-refractivity contribution in [3.05, 3.63) is 0 Å². The summed E-state index contributed by atoms with van der Waals surface area (Å²) in [5.74, 6) is -2.11. The van der Waals surface area contributed by atoms with Gasteiger partial charge in [0.1, 0.15) is 0 Å². The maximum atomic E-state index is 9.82. The summed E-state index contributed by atoms with van der Waals surface area (Å²) < 4.78 is 44.0. The fourth-order valence-corrected chi connectivity index (χ4v) is 2.03. The second-order valence-electron chi connectivity index (χ2n) is 10.3. The van der Waals surface area contributed by atoms with Gasteiger partial charge in [0.2, 0.25) is 0 Å². The largest absolute Gasteiger partial charge is 0.466 e. The number of hydrogen-bond acceptors (Lipinski definition) is 21. The molecule has 41 heteroatoms. The third kappa shape index (κ3) is 780. The zero-order valence-corrected chi connectivity index (χ0v) is 71.4. The van der Waals surface area contributed by atoms with Gasteiger partial charge >= 0.3 is 59.7 Å². The summed E-state index contributed by atoms with van der Waals surface area (Å²) in [4.78, 5) is 98.2. The molecule has 0 aromatic heterocycles. The summed E-state index contributed by atoms with van der Waals surface area (Å²) >= 11 is 95.3. The van der Waals surface area contributed by atoms with Gasteiger partial charge in [0.15, 0.2) is 0 Å². The van der Waals surface area contributed by atoms with Crippen molar-refractivity contribution < 1.29 is 100 Å². The first kappa shape index (κ1) is 151. The van der Waals surface area contributed by atoms with Crippen molar-refractivity contribution in [2.24, 2.45) is 0 Å². The molecule has 92 heavy (non-hydrogen) atoms. The van der Waals surface area contributed by atoms with Crippen molar-refractivity contribution in [2.45, 2.75) is 138 Å². The summed E-state index contributed by atoms with van der Waals surface area (Å²) in [6.45, 7) is 36.5. The van der Waals surface area contributed by atoms with Gasteiger partial charge in [-0.05, 0) is 69.2 Å². The number of halogens is 20.